The van der Waals surface area contributed by atoms with E-state index in [1.54, 1.807) is 0 Å². The van der Waals surface area contributed by atoms with Crippen molar-refractivity contribution in [3.8, 4) is 0 Å². The summed E-state index contributed by atoms with van der Waals surface area (Å²) in [4.78, 5) is 5.66. The van der Waals surface area contributed by atoms with Crippen molar-refractivity contribution >= 4 is 17.8 Å². The molecule has 0 unspecified atom stereocenters. The molecule has 1 aromatic carbocycles. The normalized spacial score (nSPS) is 23.2. The highest BCUT2D eigenvalue weighted by Gasteiger charge is 2.22. The van der Waals surface area contributed by atoms with Gasteiger partial charge in [0.25, 0.3) is 6.02 Å². The highest BCUT2D eigenvalue weighted by atomic mass is 32.2. The number of aliphatic imine (C=N–C) groups is 1. The summed E-state index contributed by atoms with van der Waals surface area (Å²) in [5, 5.41) is 3.39. The van der Waals surface area contributed by atoms with Crippen LogP contribution < -0.4 is 5.32 Å². The first-order valence-electron chi connectivity index (χ1n) is 5.59. The maximum Gasteiger partial charge on any atom is 0.285 e. The minimum absolute atomic E-state index is 0.356. The van der Waals surface area contributed by atoms with Crippen LogP contribution in [-0.2, 0) is 4.74 Å². The standard InChI is InChI=1S/C12H14N2OS/c1-2-4-11-9(3-1)10(5-8-16-11)14-12-13-6-7-15-12/h1-4,10H,5-8H2,(H,13,14)/t10-/m0/s1. The molecule has 2 aliphatic heterocycles. The Hall–Kier alpha value is -1.16. The zero-order valence-electron chi connectivity index (χ0n) is 8.98. The molecular weight excluding hydrogens is 220 g/mol. The molecule has 0 aromatic heterocycles. The van der Waals surface area contributed by atoms with Crippen LogP contribution in [0.3, 0.4) is 0 Å². The van der Waals surface area contributed by atoms with Gasteiger partial charge in [0.15, 0.2) is 0 Å². The van der Waals surface area contributed by atoms with Crippen molar-refractivity contribution in [1.29, 1.82) is 0 Å². The van der Waals surface area contributed by atoms with Crippen LogP contribution >= 0.6 is 11.8 Å². The van der Waals surface area contributed by atoms with E-state index < -0.39 is 0 Å². The van der Waals surface area contributed by atoms with Crippen molar-refractivity contribution in [3.63, 3.8) is 0 Å². The SMILES string of the molecule is c1ccc2c(c1)SCC[C@@H]2NC1=NCCO1. The maximum atomic E-state index is 5.40. The monoisotopic (exact) mass is 234 g/mol. The third kappa shape index (κ3) is 1.89. The largest absolute Gasteiger partial charge is 0.463 e. The third-order valence-electron chi connectivity index (χ3n) is 2.84. The average molecular weight is 234 g/mol. The number of rotatable bonds is 1. The van der Waals surface area contributed by atoms with E-state index in [9.17, 15) is 0 Å². The van der Waals surface area contributed by atoms with Crippen molar-refractivity contribution in [1.82, 2.24) is 5.32 Å². The van der Waals surface area contributed by atoms with E-state index in [4.69, 9.17) is 4.74 Å². The average Bonchev–Trinajstić information content (AvgIpc) is 2.82. The Morgan fingerprint density at radius 2 is 2.31 bits per heavy atom. The van der Waals surface area contributed by atoms with Crippen LogP contribution in [0.2, 0.25) is 0 Å². The Kier molecular flexibility index (Phi) is 2.74. The van der Waals surface area contributed by atoms with Crippen molar-refractivity contribution in [2.45, 2.75) is 17.4 Å². The lowest BCUT2D eigenvalue weighted by molar-refractivity contribution is 0.324. The van der Waals surface area contributed by atoms with Gasteiger partial charge in [-0.2, -0.15) is 0 Å². The van der Waals surface area contributed by atoms with Crippen LogP contribution in [0, 0.1) is 0 Å². The van der Waals surface area contributed by atoms with E-state index in [-0.39, 0.29) is 0 Å². The van der Waals surface area contributed by atoms with E-state index >= 15 is 0 Å². The van der Waals surface area contributed by atoms with Crippen LogP contribution in [0.4, 0.5) is 0 Å². The van der Waals surface area contributed by atoms with Crippen molar-refractivity contribution in [2.24, 2.45) is 4.99 Å². The lowest BCUT2D eigenvalue weighted by Gasteiger charge is -2.25. The molecule has 3 rings (SSSR count). The Morgan fingerprint density at radius 1 is 1.38 bits per heavy atom. The molecule has 84 valence electrons. The number of thioether (sulfide) groups is 1. The Bertz CT molecular complexity index is 419. The summed E-state index contributed by atoms with van der Waals surface area (Å²) in [6, 6.07) is 9.63. The van der Waals surface area contributed by atoms with Gasteiger partial charge in [0.05, 0.1) is 12.6 Å². The van der Waals surface area contributed by atoms with Gasteiger partial charge in [-0.05, 0) is 18.1 Å². The molecule has 3 nitrogen and oxygen atoms in total. The molecule has 16 heavy (non-hydrogen) atoms. The van der Waals surface area contributed by atoms with Crippen molar-refractivity contribution < 1.29 is 4.74 Å². The van der Waals surface area contributed by atoms with Crippen molar-refractivity contribution in [2.75, 3.05) is 18.9 Å². The zero-order chi connectivity index (χ0) is 10.8. The van der Waals surface area contributed by atoms with Gasteiger partial charge in [0.1, 0.15) is 6.61 Å². The number of fused-ring (bicyclic) bond motifs is 1. The number of hydrogen-bond donors (Lipinski definition) is 1. The first-order chi connectivity index (χ1) is 7.93. The van der Waals surface area contributed by atoms with Gasteiger partial charge in [-0.1, -0.05) is 18.2 Å². The molecular formula is C12H14N2OS. The van der Waals surface area contributed by atoms with Crippen LogP contribution in [0.25, 0.3) is 0 Å². The fourth-order valence-corrected chi connectivity index (χ4v) is 3.19. The van der Waals surface area contributed by atoms with Gasteiger partial charge in [-0.15, -0.1) is 11.8 Å². The molecule has 0 spiro atoms. The summed E-state index contributed by atoms with van der Waals surface area (Å²) in [7, 11) is 0. The topological polar surface area (TPSA) is 33.6 Å². The molecule has 1 atom stereocenters. The fourth-order valence-electron chi connectivity index (χ4n) is 2.06. The number of nitrogens with one attached hydrogen (secondary N) is 1. The zero-order valence-corrected chi connectivity index (χ0v) is 9.80. The third-order valence-corrected chi connectivity index (χ3v) is 3.96. The molecule has 0 saturated carbocycles. The Balaban J connectivity index is 1.81. The minimum Gasteiger partial charge on any atom is -0.463 e. The van der Waals surface area contributed by atoms with E-state index in [0.29, 0.717) is 18.7 Å². The van der Waals surface area contributed by atoms with Gasteiger partial charge in [0.2, 0.25) is 0 Å². The van der Waals surface area contributed by atoms with Gasteiger partial charge in [-0.25, -0.2) is 4.99 Å². The maximum absolute atomic E-state index is 5.40. The first kappa shape index (κ1) is 10.0. The summed E-state index contributed by atoms with van der Waals surface area (Å²) >= 11 is 1.93. The van der Waals surface area contributed by atoms with Crippen molar-refractivity contribution in [3.05, 3.63) is 29.8 Å². The summed E-state index contributed by atoms with van der Waals surface area (Å²) in [6.07, 6.45) is 1.13. The molecule has 0 radical (unpaired) electrons. The van der Waals surface area contributed by atoms with Gasteiger partial charge in [-0.3, -0.25) is 0 Å². The number of hydrogen-bond acceptors (Lipinski definition) is 4. The Morgan fingerprint density at radius 3 is 3.19 bits per heavy atom. The molecule has 0 fully saturated rings. The van der Waals surface area contributed by atoms with Gasteiger partial charge in [0, 0.05) is 10.6 Å². The number of ether oxygens (including phenoxy) is 1. The Labute approximate surface area is 99.3 Å². The number of nitrogens with zero attached hydrogens (tertiary/aromatic N) is 1. The van der Waals surface area contributed by atoms with Gasteiger partial charge >= 0.3 is 0 Å². The van der Waals surface area contributed by atoms with Crippen LogP contribution in [-0.4, -0.2) is 24.9 Å². The molecule has 0 bridgehead atoms. The van der Waals surface area contributed by atoms with E-state index in [1.165, 1.54) is 10.5 Å². The highest BCUT2D eigenvalue weighted by Crippen LogP contribution is 2.35. The summed E-state index contributed by atoms with van der Waals surface area (Å²) in [5.41, 5.74) is 1.37. The fraction of sp³-hybridized carbons (Fsp3) is 0.417. The second kappa shape index (κ2) is 4.37. The molecule has 0 amide bonds. The van der Waals surface area contributed by atoms with E-state index in [0.717, 1.165) is 18.7 Å². The highest BCUT2D eigenvalue weighted by molar-refractivity contribution is 7.99. The quantitative estimate of drug-likeness (QED) is 0.808. The second-order valence-electron chi connectivity index (χ2n) is 3.91. The molecule has 2 heterocycles. The molecule has 0 saturated heterocycles. The van der Waals surface area contributed by atoms with Crippen LogP contribution in [0.1, 0.15) is 18.0 Å². The summed E-state index contributed by atoms with van der Waals surface area (Å²) in [5.74, 6) is 1.15. The first-order valence-corrected chi connectivity index (χ1v) is 6.57. The molecule has 4 heteroatoms. The van der Waals surface area contributed by atoms with E-state index in [1.807, 2.05) is 11.8 Å². The molecule has 2 aliphatic rings. The lowest BCUT2D eigenvalue weighted by Crippen LogP contribution is -2.30. The van der Waals surface area contributed by atoms with Crippen LogP contribution in [0.15, 0.2) is 34.2 Å². The number of benzene rings is 1. The molecule has 1 aromatic rings. The van der Waals surface area contributed by atoms with E-state index in [2.05, 4.69) is 34.6 Å². The summed E-state index contributed by atoms with van der Waals surface area (Å²) in [6.45, 7) is 1.50. The summed E-state index contributed by atoms with van der Waals surface area (Å²) < 4.78 is 5.40. The lowest BCUT2D eigenvalue weighted by atomic mass is 10.0. The van der Waals surface area contributed by atoms with Gasteiger partial charge < -0.3 is 10.1 Å². The smallest absolute Gasteiger partial charge is 0.285 e. The van der Waals surface area contributed by atoms with Crippen LogP contribution in [0.5, 0.6) is 0 Å². The molecule has 0 aliphatic carbocycles. The predicted molar refractivity (Wildman–Crippen MR) is 65.9 cm³/mol. The minimum atomic E-state index is 0.356. The number of amidine groups is 1. The molecule has 1 N–H and O–H groups in total. The second-order valence-corrected chi connectivity index (χ2v) is 5.04. The predicted octanol–water partition coefficient (Wildman–Crippen LogP) is 2.20.